The summed E-state index contributed by atoms with van der Waals surface area (Å²) >= 11 is 3.40. The third-order valence-electron chi connectivity index (χ3n) is 4.70. The van der Waals surface area contributed by atoms with Crippen molar-refractivity contribution in [2.45, 2.75) is 40.2 Å². The van der Waals surface area contributed by atoms with Crippen molar-refractivity contribution in [2.24, 2.45) is 5.10 Å². The second-order valence-corrected chi connectivity index (χ2v) is 7.97. The molecule has 0 bridgehead atoms. The Kier molecular flexibility index (Phi) is 8.21. The van der Waals surface area contributed by atoms with E-state index in [0.29, 0.717) is 46.8 Å². The van der Waals surface area contributed by atoms with Crippen molar-refractivity contribution in [3.05, 3.63) is 62.6 Å². The molecule has 0 amide bonds. The van der Waals surface area contributed by atoms with Gasteiger partial charge in [-0.1, -0.05) is 22.9 Å². The predicted molar refractivity (Wildman–Crippen MR) is 130 cm³/mol. The zero-order valence-electron chi connectivity index (χ0n) is 19.0. The van der Waals surface area contributed by atoms with Crippen molar-refractivity contribution in [1.82, 2.24) is 9.66 Å². The van der Waals surface area contributed by atoms with Crippen LogP contribution in [0, 0.1) is 0 Å². The van der Waals surface area contributed by atoms with Gasteiger partial charge in [0, 0.05) is 10.9 Å². The van der Waals surface area contributed by atoms with E-state index in [9.17, 15) is 9.59 Å². The topological polar surface area (TPSA) is 92.0 Å². The smallest absolute Gasteiger partial charge is 0.347 e. The molecule has 1 heterocycles. The normalized spacial score (nSPS) is 12.2. The van der Waals surface area contributed by atoms with Gasteiger partial charge in [0.2, 0.25) is 0 Å². The molecular formula is C24H26BrN3O5. The second-order valence-electron chi connectivity index (χ2n) is 7.06. The minimum absolute atomic E-state index is 0.248. The Balaban J connectivity index is 1.94. The van der Waals surface area contributed by atoms with Gasteiger partial charge in [-0.25, -0.2) is 9.78 Å². The number of halogens is 1. The first-order valence-corrected chi connectivity index (χ1v) is 11.5. The van der Waals surface area contributed by atoms with Gasteiger partial charge in [-0.3, -0.25) is 4.79 Å². The van der Waals surface area contributed by atoms with E-state index in [4.69, 9.17) is 14.2 Å². The maximum absolute atomic E-state index is 13.0. The van der Waals surface area contributed by atoms with E-state index in [1.807, 2.05) is 19.9 Å². The van der Waals surface area contributed by atoms with Crippen molar-refractivity contribution in [3.63, 3.8) is 0 Å². The number of esters is 1. The molecule has 1 aromatic heterocycles. The van der Waals surface area contributed by atoms with Gasteiger partial charge in [0.05, 0.1) is 30.3 Å². The van der Waals surface area contributed by atoms with Crippen molar-refractivity contribution < 1.29 is 19.0 Å². The highest BCUT2D eigenvalue weighted by molar-refractivity contribution is 9.10. The number of fused-ring (bicyclic) bond motifs is 1. The average Bonchev–Trinajstić information content (AvgIpc) is 2.80. The number of nitrogens with zero attached hydrogens (tertiary/aromatic N) is 3. The number of carbonyl (C=O) groups is 1. The third-order valence-corrected chi connectivity index (χ3v) is 5.20. The van der Waals surface area contributed by atoms with E-state index in [2.05, 4.69) is 26.0 Å². The number of carbonyl (C=O) groups excluding carboxylic acids is 1. The van der Waals surface area contributed by atoms with Crippen LogP contribution in [0.5, 0.6) is 11.5 Å². The fourth-order valence-electron chi connectivity index (χ4n) is 3.14. The molecule has 0 unspecified atom stereocenters. The Morgan fingerprint density at radius 3 is 2.64 bits per heavy atom. The lowest BCUT2D eigenvalue weighted by Gasteiger charge is -2.16. The molecule has 2 aromatic carbocycles. The van der Waals surface area contributed by atoms with Crippen LogP contribution in [0.1, 0.15) is 39.1 Å². The molecule has 0 aliphatic rings. The van der Waals surface area contributed by atoms with Gasteiger partial charge in [0.15, 0.2) is 17.6 Å². The molecular weight excluding hydrogens is 490 g/mol. The van der Waals surface area contributed by atoms with Gasteiger partial charge < -0.3 is 14.2 Å². The van der Waals surface area contributed by atoms with Gasteiger partial charge in [0.25, 0.3) is 5.56 Å². The van der Waals surface area contributed by atoms with Gasteiger partial charge in [-0.2, -0.15) is 9.78 Å². The van der Waals surface area contributed by atoms with Crippen LogP contribution in [0.15, 0.2) is 50.8 Å². The predicted octanol–water partition coefficient (Wildman–Crippen LogP) is 4.33. The molecule has 8 nitrogen and oxygen atoms in total. The summed E-state index contributed by atoms with van der Waals surface area (Å²) in [5.74, 6) is 0.978. The first-order valence-electron chi connectivity index (χ1n) is 10.7. The van der Waals surface area contributed by atoms with E-state index in [0.717, 1.165) is 4.47 Å². The zero-order valence-corrected chi connectivity index (χ0v) is 20.6. The molecule has 0 saturated carbocycles. The van der Waals surface area contributed by atoms with Crippen LogP contribution < -0.4 is 15.0 Å². The number of aryl methyl sites for hydroxylation is 1. The van der Waals surface area contributed by atoms with Gasteiger partial charge in [-0.15, -0.1) is 0 Å². The van der Waals surface area contributed by atoms with Crippen molar-refractivity contribution in [2.75, 3.05) is 13.2 Å². The van der Waals surface area contributed by atoms with E-state index in [1.54, 1.807) is 50.4 Å². The first kappa shape index (κ1) is 24.4. The summed E-state index contributed by atoms with van der Waals surface area (Å²) in [6.07, 6.45) is 1.33. The fraction of sp³-hybridized carbons (Fsp3) is 0.333. The van der Waals surface area contributed by atoms with Gasteiger partial charge in [-0.05, 0) is 62.7 Å². The number of rotatable bonds is 9. The maximum Gasteiger partial charge on any atom is 0.347 e. The third kappa shape index (κ3) is 5.78. The van der Waals surface area contributed by atoms with Gasteiger partial charge in [0.1, 0.15) is 5.82 Å². The lowest BCUT2D eigenvalue weighted by atomic mass is 10.2. The molecule has 3 aromatic rings. The number of benzene rings is 2. The van der Waals surface area contributed by atoms with Gasteiger partial charge >= 0.3 is 5.97 Å². The molecule has 0 saturated heterocycles. The van der Waals surface area contributed by atoms with E-state index in [-0.39, 0.29) is 12.2 Å². The summed E-state index contributed by atoms with van der Waals surface area (Å²) in [5.41, 5.74) is 1.07. The van der Waals surface area contributed by atoms with E-state index >= 15 is 0 Å². The summed E-state index contributed by atoms with van der Waals surface area (Å²) in [4.78, 5) is 29.5. The largest absolute Gasteiger partial charge is 0.490 e. The fourth-order valence-corrected chi connectivity index (χ4v) is 3.50. The lowest BCUT2D eigenvalue weighted by Crippen LogP contribution is -2.26. The average molecular weight is 516 g/mol. The highest BCUT2D eigenvalue weighted by atomic mass is 79.9. The van der Waals surface area contributed by atoms with Crippen molar-refractivity contribution >= 4 is 39.0 Å². The standard InChI is InChI=1S/C24H26BrN3O5/c1-5-22-27-19-10-9-17(25)13-18(19)23(29)28(22)26-14-16-8-11-20(21(12-16)31-6-2)33-15(4)24(30)32-7-3/h8-15H,5-7H2,1-4H3/t15-/m1/s1. The summed E-state index contributed by atoms with van der Waals surface area (Å²) in [7, 11) is 0. The summed E-state index contributed by atoms with van der Waals surface area (Å²) in [5, 5.41) is 4.88. The first-order chi connectivity index (χ1) is 15.9. The highest BCUT2D eigenvalue weighted by Gasteiger charge is 2.18. The molecule has 0 N–H and O–H groups in total. The van der Waals surface area contributed by atoms with E-state index in [1.165, 1.54) is 4.68 Å². The molecule has 9 heteroatoms. The highest BCUT2D eigenvalue weighted by Crippen LogP contribution is 2.29. The number of hydrogen-bond acceptors (Lipinski definition) is 7. The Bertz CT molecular complexity index is 1240. The molecule has 0 fully saturated rings. The molecule has 0 aliphatic carbocycles. The van der Waals surface area contributed by atoms with Crippen LogP contribution in [0.4, 0.5) is 0 Å². The van der Waals surface area contributed by atoms with E-state index < -0.39 is 12.1 Å². The van der Waals surface area contributed by atoms with Crippen LogP contribution in [-0.2, 0) is 16.0 Å². The lowest BCUT2D eigenvalue weighted by molar-refractivity contribution is -0.150. The Morgan fingerprint density at radius 1 is 1.15 bits per heavy atom. The quantitative estimate of drug-likeness (QED) is 0.311. The molecule has 174 valence electrons. The minimum Gasteiger partial charge on any atom is -0.490 e. The summed E-state index contributed by atoms with van der Waals surface area (Å²) in [6.45, 7) is 7.82. The maximum atomic E-state index is 13.0. The molecule has 33 heavy (non-hydrogen) atoms. The summed E-state index contributed by atoms with van der Waals surface area (Å²) in [6, 6.07) is 10.6. The van der Waals surface area contributed by atoms with Crippen LogP contribution >= 0.6 is 15.9 Å². The molecule has 1 atom stereocenters. The second kappa shape index (κ2) is 11.1. The van der Waals surface area contributed by atoms with Crippen molar-refractivity contribution in [3.8, 4) is 11.5 Å². The van der Waals surface area contributed by atoms with Crippen LogP contribution in [0.2, 0.25) is 0 Å². The number of ether oxygens (including phenoxy) is 3. The van der Waals surface area contributed by atoms with Crippen LogP contribution in [-0.4, -0.2) is 41.2 Å². The molecule has 3 rings (SSSR count). The zero-order chi connectivity index (χ0) is 24.0. The SMILES string of the molecule is CCOC(=O)[C@@H](C)Oc1ccc(C=Nn2c(CC)nc3ccc(Br)cc3c2=O)cc1OCC. The minimum atomic E-state index is -0.780. The van der Waals surface area contributed by atoms with Crippen LogP contribution in [0.25, 0.3) is 10.9 Å². The Morgan fingerprint density at radius 2 is 1.94 bits per heavy atom. The monoisotopic (exact) mass is 515 g/mol. The molecule has 0 spiro atoms. The molecule has 0 radical (unpaired) electrons. The van der Waals surface area contributed by atoms with Crippen LogP contribution in [0.3, 0.4) is 0 Å². The Labute approximate surface area is 200 Å². The number of aromatic nitrogens is 2. The Hall–Kier alpha value is -3.20. The number of hydrogen-bond donors (Lipinski definition) is 0. The summed E-state index contributed by atoms with van der Waals surface area (Å²) < 4.78 is 18.5. The molecule has 0 aliphatic heterocycles. The van der Waals surface area contributed by atoms with Crippen molar-refractivity contribution in [1.29, 1.82) is 0 Å².